The number of primary sulfonamides is 1. The Morgan fingerprint density at radius 3 is 2.32 bits per heavy atom. The van der Waals surface area contributed by atoms with Crippen molar-refractivity contribution >= 4 is 43.0 Å². The summed E-state index contributed by atoms with van der Waals surface area (Å²) in [6.07, 6.45) is 0. The molecule has 0 fully saturated rings. The van der Waals surface area contributed by atoms with E-state index in [1.165, 1.54) is 12.1 Å². The third kappa shape index (κ3) is 4.09. The van der Waals surface area contributed by atoms with Crippen LogP contribution in [0.25, 0.3) is 11.3 Å². The summed E-state index contributed by atoms with van der Waals surface area (Å²) in [6, 6.07) is 14.4. The summed E-state index contributed by atoms with van der Waals surface area (Å²) in [5, 5.41) is 7.19. The van der Waals surface area contributed by atoms with Gasteiger partial charge in [0, 0.05) is 16.4 Å². The van der Waals surface area contributed by atoms with Crippen molar-refractivity contribution in [2.75, 3.05) is 0 Å². The van der Waals surface area contributed by atoms with E-state index >= 15 is 0 Å². The molecule has 0 saturated carbocycles. The maximum Gasteiger partial charge on any atom is 0.238 e. The zero-order valence-corrected chi connectivity index (χ0v) is 16.6. The fraction of sp³-hybridized carbons (Fsp3) is 0.118. The zero-order chi connectivity index (χ0) is 18.0. The second-order valence-electron chi connectivity index (χ2n) is 5.31. The molecule has 0 saturated heterocycles. The lowest BCUT2D eigenvalue weighted by Gasteiger charge is -2.06. The molecular formula is C17H16BrN3O2S2. The summed E-state index contributed by atoms with van der Waals surface area (Å²) in [4.78, 5) is 5.57. The van der Waals surface area contributed by atoms with Crippen molar-refractivity contribution in [2.24, 2.45) is 10.1 Å². The molecule has 2 aromatic carbocycles. The number of hydrogen-bond donors (Lipinski definition) is 1. The van der Waals surface area contributed by atoms with Crippen LogP contribution in [-0.2, 0) is 16.6 Å². The molecule has 0 bridgehead atoms. The molecule has 0 amide bonds. The van der Waals surface area contributed by atoms with Crippen LogP contribution < -0.4 is 9.94 Å². The summed E-state index contributed by atoms with van der Waals surface area (Å²) in [7, 11) is -3.69. The Hall–Kier alpha value is -1.74. The van der Waals surface area contributed by atoms with E-state index in [0.717, 1.165) is 27.1 Å². The van der Waals surface area contributed by atoms with Crippen LogP contribution in [0, 0.1) is 0 Å². The Kier molecular flexibility index (Phi) is 5.24. The van der Waals surface area contributed by atoms with Gasteiger partial charge in [-0.05, 0) is 48.9 Å². The van der Waals surface area contributed by atoms with E-state index in [4.69, 9.17) is 5.14 Å². The molecule has 0 aliphatic heterocycles. The third-order valence-electron chi connectivity index (χ3n) is 3.64. The summed E-state index contributed by atoms with van der Waals surface area (Å²) < 4.78 is 25.8. The van der Waals surface area contributed by atoms with Gasteiger partial charge in [0.15, 0.2) is 4.80 Å². The molecule has 0 atom stereocenters. The molecule has 1 aromatic heterocycles. The van der Waals surface area contributed by atoms with E-state index < -0.39 is 10.0 Å². The van der Waals surface area contributed by atoms with Crippen LogP contribution in [0.3, 0.4) is 0 Å². The Bertz CT molecular complexity index is 1050. The number of aromatic nitrogens is 1. The minimum absolute atomic E-state index is 0.0801. The molecule has 25 heavy (non-hydrogen) atoms. The first-order valence-corrected chi connectivity index (χ1v) is 10.7. The quantitative estimate of drug-likeness (QED) is 0.671. The first-order chi connectivity index (χ1) is 11.9. The van der Waals surface area contributed by atoms with Crippen molar-refractivity contribution in [3.63, 3.8) is 0 Å². The number of benzene rings is 2. The van der Waals surface area contributed by atoms with E-state index in [1.807, 2.05) is 12.1 Å². The van der Waals surface area contributed by atoms with Gasteiger partial charge in [-0.25, -0.2) is 18.5 Å². The van der Waals surface area contributed by atoms with E-state index in [0.29, 0.717) is 5.69 Å². The summed E-state index contributed by atoms with van der Waals surface area (Å²) >= 11 is 4.99. The average Bonchev–Trinajstić information content (AvgIpc) is 2.98. The molecule has 0 radical (unpaired) electrons. The van der Waals surface area contributed by atoms with E-state index in [-0.39, 0.29) is 4.90 Å². The normalized spacial score (nSPS) is 12.5. The molecule has 0 spiro atoms. The van der Waals surface area contributed by atoms with E-state index in [1.54, 1.807) is 23.5 Å². The van der Waals surface area contributed by atoms with Gasteiger partial charge in [-0.2, -0.15) is 0 Å². The van der Waals surface area contributed by atoms with Gasteiger partial charge in [0.2, 0.25) is 10.0 Å². The predicted octanol–water partition coefficient (Wildman–Crippen LogP) is 3.88. The maximum absolute atomic E-state index is 11.3. The first kappa shape index (κ1) is 18.1. The first-order valence-electron chi connectivity index (χ1n) is 7.50. The number of thiazole rings is 1. The monoisotopic (exact) mass is 437 g/mol. The second kappa shape index (κ2) is 7.25. The Labute approximate surface area is 158 Å². The standard InChI is InChI=1S/C17H16BrN3O2S2/c1-2-21-16(12-3-5-13(18)6-4-12)11-24-17(21)20-14-7-9-15(10-8-14)25(19,22)23/h3-11H,2H2,1H3,(H2,19,22,23). The van der Waals surface area contributed by atoms with Crippen molar-refractivity contribution in [1.82, 2.24) is 4.57 Å². The minimum Gasteiger partial charge on any atom is -0.317 e. The largest absolute Gasteiger partial charge is 0.317 e. The van der Waals surface area contributed by atoms with Gasteiger partial charge in [-0.3, -0.25) is 0 Å². The third-order valence-corrected chi connectivity index (χ3v) is 5.97. The van der Waals surface area contributed by atoms with Crippen LogP contribution in [0.15, 0.2) is 68.3 Å². The van der Waals surface area contributed by atoms with E-state index in [2.05, 4.69) is 49.9 Å². The molecular weight excluding hydrogens is 422 g/mol. The van der Waals surface area contributed by atoms with Crippen LogP contribution in [0.2, 0.25) is 0 Å². The van der Waals surface area contributed by atoms with Crippen LogP contribution in [0.4, 0.5) is 5.69 Å². The molecule has 0 aliphatic carbocycles. The SMILES string of the molecule is CCn1c(-c2ccc(Br)cc2)csc1=Nc1ccc(S(N)(=O)=O)cc1. The number of nitrogens with two attached hydrogens (primary N) is 1. The molecule has 130 valence electrons. The highest BCUT2D eigenvalue weighted by Crippen LogP contribution is 2.23. The zero-order valence-electron chi connectivity index (χ0n) is 13.4. The molecule has 3 aromatic rings. The average molecular weight is 438 g/mol. The second-order valence-corrected chi connectivity index (χ2v) is 8.62. The van der Waals surface area contributed by atoms with Crippen molar-refractivity contribution in [3.8, 4) is 11.3 Å². The highest BCUT2D eigenvalue weighted by atomic mass is 79.9. The van der Waals surface area contributed by atoms with Gasteiger partial charge < -0.3 is 4.57 Å². The Morgan fingerprint density at radius 1 is 1.12 bits per heavy atom. The number of sulfonamides is 1. The maximum atomic E-state index is 11.3. The lowest BCUT2D eigenvalue weighted by atomic mass is 10.2. The highest BCUT2D eigenvalue weighted by Gasteiger charge is 2.08. The molecule has 5 nitrogen and oxygen atoms in total. The van der Waals surface area contributed by atoms with Crippen LogP contribution >= 0.6 is 27.3 Å². The fourth-order valence-corrected chi connectivity index (χ4v) is 4.17. The van der Waals surface area contributed by atoms with Crippen LogP contribution in [0.1, 0.15) is 6.92 Å². The van der Waals surface area contributed by atoms with Gasteiger partial charge in [-0.15, -0.1) is 11.3 Å². The minimum atomic E-state index is -3.69. The molecule has 0 unspecified atom stereocenters. The summed E-state index contributed by atoms with van der Waals surface area (Å²) in [5.74, 6) is 0. The van der Waals surface area contributed by atoms with Crippen LogP contribution in [0.5, 0.6) is 0 Å². The highest BCUT2D eigenvalue weighted by molar-refractivity contribution is 9.10. The molecule has 0 aliphatic rings. The fourth-order valence-electron chi connectivity index (χ4n) is 2.40. The number of hydrogen-bond acceptors (Lipinski definition) is 4. The number of halogens is 1. The number of rotatable bonds is 4. The van der Waals surface area contributed by atoms with Gasteiger partial charge in [-0.1, -0.05) is 28.1 Å². The molecule has 3 rings (SSSR count). The molecule has 8 heteroatoms. The van der Waals surface area contributed by atoms with Crippen molar-refractivity contribution in [3.05, 3.63) is 63.2 Å². The Balaban J connectivity index is 2.03. The summed E-state index contributed by atoms with van der Waals surface area (Å²) in [6.45, 7) is 2.85. The van der Waals surface area contributed by atoms with Gasteiger partial charge in [0.05, 0.1) is 16.3 Å². The summed E-state index contributed by atoms with van der Waals surface area (Å²) in [5.41, 5.74) is 2.89. The van der Waals surface area contributed by atoms with Gasteiger partial charge >= 0.3 is 0 Å². The van der Waals surface area contributed by atoms with Crippen molar-refractivity contribution < 1.29 is 8.42 Å². The van der Waals surface area contributed by atoms with Gasteiger partial charge in [0.25, 0.3) is 0 Å². The molecule has 2 N–H and O–H groups in total. The lowest BCUT2D eigenvalue weighted by molar-refractivity contribution is 0.598. The Morgan fingerprint density at radius 2 is 1.76 bits per heavy atom. The van der Waals surface area contributed by atoms with Crippen molar-refractivity contribution in [2.45, 2.75) is 18.4 Å². The van der Waals surface area contributed by atoms with Gasteiger partial charge in [0.1, 0.15) is 0 Å². The van der Waals surface area contributed by atoms with Crippen LogP contribution in [-0.4, -0.2) is 13.0 Å². The van der Waals surface area contributed by atoms with E-state index in [9.17, 15) is 8.42 Å². The molecule has 1 heterocycles. The lowest BCUT2D eigenvalue weighted by Crippen LogP contribution is -2.14. The smallest absolute Gasteiger partial charge is 0.238 e. The topological polar surface area (TPSA) is 77.5 Å². The number of nitrogens with zero attached hydrogens (tertiary/aromatic N) is 2. The van der Waals surface area contributed by atoms with Crippen molar-refractivity contribution in [1.29, 1.82) is 0 Å². The predicted molar refractivity (Wildman–Crippen MR) is 104 cm³/mol.